The SMILES string of the molecule is CCC(C)c1ccc(NC(=O)C(C)SCC(=O)Nc2ccc(C)cc2)cc1. The van der Waals surface area contributed by atoms with Crippen LogP contribution in [0, 0.1) is 6.92 Å². The fraction of sp³-hybridized carbons (Fsp3) is 0.364. The van der Waals surface area contributed by atoms with Crippen molar-refractivity contribution in [3.63, 3.8) is 0 Å². The number of benzene rings is 2. The van der Waals surface area contributed by atoms with Crippen LogP contribution in [-0.4, -0.2) is 22.8 Å². The monoisotopic (exact) mass is 384 g/mol. The van der Waals surface area contributed by atoms with E-state index < -0.39 is 0 Å². The van der Waals surface area contributed by atoms with E-state index in [-0.39, 0.29) is 22.8 Å². The van der Waals surface area contributed by atoms with Gasteiger partial charge < -0.3 is 10.6 Å². The van der Waals surface area contributed by atoms with Crippen LogP contribution in [0.4, 0.5) is 11.4 Å². The van der Waals surface area contributed by atoms with Crippen molar-refractivity contribution >= 4 is 35.0 Å². The summed E-state index contributed by atoms with van der Waals surface area (Å²) in [6.45, 7) is 8.16. The van der Waals surface area contributed by atoms with Crippen LogP contribution >= 0.6 is 11.8 Å². The number of anilines is 2. The summed E-state index contributed by atoms with van der Waals surface area (Å²) in [5.74, 6) is 0.534. The van der Waals surface area contributed by atoms with Gasteiger partial charge in [-0.1, -0.05) is 43.7 Å². The van der Waals surface area contributed by atoms with E-state index in [0.717, 1.165) is 23.4 Å². The maximum atomic E-state index is 12.3. The van der Waals surface area contributed by atoms with Gasteiger partial charge in [-0.15, -0.1) is 11.8 Å². The van der Waals surface area contributed by atoms with Crippen molar-refractivity contribution < 1.29 is 9.59 Å². The second-order valence-corrected chi connectivity index (χ2v) is 8.12. The van der Waals surface area contributed by atoms with Gasteiger partial charge >= 0.3 is 0 Å². The molecule has 0 aliphatic heterocycles. The van der Waals surface area contributed by atoms with Gasteiger partial charge in [0.25, 0.3) is 0 Å². The topological polar surface area (TPSA) is 58.2 Å². The molecule has 0 aromatic heterocycles. The Balaban J connectivity index is 1.79. The van der Waals surface area contributed by atoms with E-state index in [4.69, 9.17) is 0 Å². The summed E-state index contributed by atoms with van der Waals surface area (Å²) in [5.41, 5.74) is 3.96. The molecule has 2 N–H and O–H groups in total. The quantitative estimate of drug-likeness (QED) is 0.657. The number of hydrogen-bond acceptors (Lipinski definition) is 3. The van der Waals surface area contributed by atoms with Crippen LogP contribution in [0.1, 0.15) is 44.2 Å². The molecule has 0 bridgehead atoms. The molecule has 5 heteroatoms. The van der Waals surface area contributed by atoms with Crippen LogP contribution in [0.5, 0.6) is 0 Å². The molecule has 0 radical (unpaired) electrons. The Morgan fingerprint density at radius 1 is 0.926 bits per heavy atom. The highest BCUT2D eigenvalue weighted by Gasteiger charge is 2.16. The largest absolute Gasteiger partial charge is 0.325 e. The number of thioether (sulfide) groups is 1. The first-order valence-corrected chi connectivity index (χ1v) is 10.3. The van der Waals surface area contributed by atoms with E-state index in [0.29, 0.717) is 5.92 Å². The van der Waals surface area contributed by atoms with Gasteiger partial charge in [-0.3, -0.25) is 9.59 Å². The molecule has 27 heavy (non-hydrogen) atoms. The predicted octanol–water partition coefficient (Wildman–Crippen LogP) is 5.21. The number of aryl methyl sites for hydroxylation is 1. The van der Waals surface area contributed by atoms with Gasteiger partial charge in [0.1, 0.15) is 0 Å². The number of nitrogens with one attached hydrogen (secondary N) is 2. The minimum Gasteiger partial charge on any atom is -0.325 e. The summed E-state index contributed by atoms with van der Waals surface area (Å²) in [7, 11) is 0. The zero-order valence-corrected chi connectivity index (χ0v) is 17.2. The van der Waals surface area contributed by atoms with Gasteiger partial charge in [0.2, 0.25) is 11.8 Å². The fourth-order valence-corrected chi connectivity index (χ4v) is 3.17. The maximum absolute atomic E-state index is 12.3. The fourth-order valence-electron chi connectivity index (χ4n) is 2.48. The highest BCUT2D eigenvalue weighted by Crippen LogP contribution is 2.21. The van der Waals surface area contributed by atoms with Gasteiger partial charge in [0.15, 0.2) is 0 Å². The Labute approximate surface area is 166 Å². The van der Waals surface area contributed by atoms with Gasteiger partial charge in [-0.2, -0.15) is 0 Å². The van der Waals surface area contributed by atoms with E-state index in [1.54, 1.807) is 0 Å². The molecule has 2 atom stereocenters. The number of amides is 2. The summed E-state index contributed by atoms with van der Waals surface area (Å²) < 4.78 is 0. The van der Waals surface area contributed by atoms with Crippen LogP contribution in [0.3, 0.4) is 0 Å². The standard InChI is InChI=1S/C22H28N2O2S/c1-5-16(3)18-8-12-20(13-9-18)24-22(26)17(4)27-14-21(25)23-19-10-6-15(2)7-11-19/h6-13,16-17H,5,14H2,1-4H3,(H,23,25)(H,24,26). The van der Waals surface area contributed by atoms with E-state index in [1.807, 2.05) is 50.2 Å². The molecule has 0 saturated carbocycles. The minimum absolute atomic E-state index is 0.0978. The average molecular weight is 385 g/mol. The Morgan fingerprint density at radius 3 is 2.07 bits per heavy atom. The molecular weight excluding hydrogens is 356 g/mol. The summed E-state index contributed by atoms with van der Waals surface area (Å²) >= 11 is 1.32. The molecule has 4 nitrogen and oxygen atoms in total. The maximum Gasteiger partial charge on any atom is 0.237 e. The second-order valence-electron chi connectivity index (χ2n) is 6.79. The lowest BCUT2D eigenvalue weighted by molar-refractivity contribution is -0.115. The predicted molar refractivity (Wildman–Crippen MR) is 116 cm³/mol. The van der Waals surface area contributed by atoms with E-state index in [2.05, 4.69) is 36.6 Å². The third-order valence-corrected chi connectivity index (χ3v) is 5.67. The van der Waals surface area contributed by atoms with Gasteiger partial charge in [0, 0.05) is 11.4 Å². The number of rotatable bonds is 8. The average Bonchev–Trinajstić information content (AvgIpc) is 2.67. The van der Waals surface area contributed by atoms with Gasteiger partial charge in [0.05, 0.1) is 11.0 Å². The molecule has 0 fully saturated rings. The van der Waals surface area contributed by atoms with E-state index in [1.165, 1.54) is 17.3 Å². The summed E-state index contributed by atoms with van der Waals surface area (Å²) in [6, 6.07) is 15.6. The molecule has 0 aliphatic rings. The summed E-state index contributed by atoms with van der Waals surface area (Å²) in [5, 5.41) is 5.44. The minimum atomic E-state index is -0.317. The third-order valence-electron chi connectivity index (χ3n) is 4.53. The summed E-state index contributed by atoms with van der Waals surface area (Å²) in [6.07, 6.45) is 1.09. The normalized spacial score (nSPS) is 12.9. The molecule has 0 spiro atoms. The van der Waals surface area contributed by atoms with Crippen molar-refractivity contribution in [2.45, 2.75) is 45.3 Å². The van der Waals surface area contributed by atoms with Crippen molar-refractivity contribution in [2.75, 3.05) is 16.4 Å². The Morgan fingerprint density at radius 2 is 1.48 bits per heavy atom. The highest BCUT2D eigenvalue weighted by molar-refractivity contribution is 8.01. The van der Waals surface area contributed by atoms with Crippen LogP contribution in [0.25, 0.3) is 0 Å². The molecule has 2 aromatic rings. The van der Waals surface area contributed by atoms with Crippen LogP contribution < -0.4 is 10.6 Å². The zero-order valence-electron chi connectivity index (χ0n) is 16.4. The molecule has 0 aliphatic carbocycles. The highest BCUT2D eigenvalue weighted by atomic mass is 32.2. The number of carbonyl (C=O) groups excluding carboxylic acids is 2. The lowest BCUT2D eigenvalue weighted by Crippen LogP contribution is -2.25. The molecule has 0 saturated heterocycles. The third kappa shape index (κ3) is 6.75. The molecule has 2 rings (SSSR count). The van der Waals surface area contributed by atoms with Crippen LogP contribution in [0.2, 0.25) is 0 Å². The molecule has 144 valence electrons. The lowest BCUT2D eigenvalue weighted by atomic mass is 9.99. The number of hydrogen-bond donors (Lipinski definition) is 2. The second kappa shape index (κ2) is 10.2. The van der Waals surface area contributed by atoms with Crippen molar-refractivity contribution in [3.05, 3.63) is 59.7 Å². The Kier molecular flexibility index (Phi) is 7.92. The molecule has 2 amide bonds. The molecule has 0 heterocycles. The molecular formula is C22H28N2O2S. The molecule has 2 aromatic carbocycles. The first-order valence-electron chi connectivity index (χ1n) is 9.28. The first-order chi connectivity index (χ1) is 12.9. The van der Waals surface area contributed by atoms with Crippen molar-refractivity contribution in [1.82, 2.24) is 0 Å². The first kappa shape index (κ1) is 21.0. The van der Waals surface area contributed by atoms with Crippen LogP contribution in [-0.2, 0) is 9.59 Å². The van der Waals surface area contributed by atoms with E-state index >= 15 is 0 Å². The smallest absolute Gasteiger partial charge is 0.237 e. The summed E-state index contributed by atoms with van der Waals surface area (Å²) in [4.78, 5) is 24.4. The van der Waals surface area contributed by atoms with Crippen LogP contribution in [0.15, 0.2) is 48.5 Å². The van der Waals surface area contributed by atoms with Crippen molar-refractivity contribution in [1.29, 1.82) is 0 Å². The lowest BCUT2D eigenvalue weighted by Gasteiger charge is -2.13. The van der Waals surface area contributed by atoms with Gasteiger partial charge in [-0.25, -0.2) is 0 Å². The van der Waals surface area contributed by atoms with Gasteiger partial charge in [-0.05, 0) is 56.0 Å². The Hall–Kier alpha value is -2.27. The van der Waals surface area contributed by atoms with E-state index in [9.17, 15) is 9.59 Å². The zero-order chi connectivity index (χ0) is 19.8. The van der Waals surface area contributed by atoms with Crippen molar-refractivity contribution in [2.24, 2.45) is 0 Å². The molecule has 2 unspecified atom stereocenters. The Bertz CT molecular complexity index is 757. The number of carbonyl (C=O) groups is 2. The van der Waals surface area contributed by atoms with Crippen molar-refractivity contribution in [3.8, 4) is 0 Å².